The van der Waals surface area contributed by atoms with E-state index in [2.05, 4.69) is 5.32 Å². The van der Waals surface area contributed by atoms with Gasteiger partial charge >= 0.3 is 0 Å². The van der Waals surface area contributed by atoms with Gasteiger partial charge in [0.15, 0.2) is 5.76 Å². The second kappa shape index (κ2) is 6.47. The quantitative estimate of drug-likeness (QED) is 0.647. The molecular formula is C15H15NO4. The molecule has 1 aromatic carbocycles. The van der Waals surface area contributed by atoms with Crippen LogP contribution >= 0.6 is 0 Å². The predicted molar refractivity (Wildman–Crippen MR) is 75.3 cm³/mol. The molecular weight excluding hydrogens is 258 g/mol. The summed E-state index contributed by atoms with van der Waals surface area (Å²) >= 11 is 0. The lowest BCUT2D eigenvalue weighted by atomic mass is 10.2. The summed E-state index contributed by atoms with van der Waals surface area (Å²) < 4.78 is 15.4. The number of carbonyl (C=O) groups excluding carboxylic acids is 1. The summed E-state index contributed by atoms with van der Waals surface area (Å²) in [4.78, 5) is 11.7. The minimum atomic E-state index is -0.218. The predicted octanol–water partition coefficient (Wildman–Crippen LogP) is 3.11. The van der Waals surface area contributed by atoms with Crippen LogP contribution in [-0.4, -0.2) is 20.0 Å². The van der Waals surface area contributed by atoms with E-state index in [0.29, 0.717) is 22.9 Å². The number of methoxy groups -OCH3 is 2. The zero-order chi connectivity index (χ0) is 14.4. The van der Waals surface area contributed by atoms with E-state index in [-0.39, 0.29) is 5.78 Å². The van der Waals surface area contributed by atoms with Crippen LogP contribution in [0.1, 0.15) is 10.6 Å². The van der Waals surface area contributed by atoms with Crippen molar-refractivity contribution in [3.05, 3.63) is 54.6 Å². The van der Waals surface area contributed by atoms with Crippen molar-refractivity contribution in [2.75, 3.05) is 19.5 Å². The number of carbonyl (C=O) groups is 1. The van der Waals surface area contributed by atoms with Gasteiger partial charge in [-0.1, -0.05) is 0 Å². The van der Waals surface area contributed by atoms with Gasteiger partial charge in [0.25, 0.3) is 0 Å². The molecule has 0 unspecified atom stereocenters. The van der Waals surface area contributed by atoms with Gasteiger partial charge in [0, 0.05) is 18.3 Å². The zero-order valence-electron chi connectivity index (χ0n) is 11.3. The molecule has 0 aliphatic heterocycles. The van der Waals surface area contributed by atoms with Crippen molar-refractivity contribution in [3.8, 4) is 11.5 Å². The number of hydrogen-bond donors (Lipinski definition) is 1. The topological polar surface area (TPSA) is 60.7 Å². The van der Waals surface area contributed by atoms with Crippen LogP contribution in [0.25, 0.3) is 0 Å². The van der Waals surface area contributed by atoms with Crippen LogP contribution in [0.3, 0.4) is 0 Å². The highest BCUT2D eigenvalue weighted by Crippen LogP contribution is 2.28. The molecule has 0 bridgehead atoms. The Kier molecular flexibility index (Phi) is 4.44. The summed E-state index contributed by atoms with van der Waals surface area (Å²) in [5.74, 6) is 1.42. The molecule has 1 aromatic heterocycles. The number of ketones is 1. The smallest absolute Gasteiger partial charge is 0.222 e. The minimum Gasteiger partial charge on any atom is -0.497 e. The van der Waals surface area contributed by atoms with Crippen LogP contribution < -0.4 is 14.8 Å². The fourth-order valence-corrected chi connectivity index (χ4v) is 1.63. The van der Waals surface area contributed by atoms with Gasteiger partial charge in [-0.05, 0) is 24.3 Å². The Bertz CT molecular complexity index is 602. The summed E-state index contributed by atoms with van der Waals surface area (Å²) in [6.07, 6.45) is 4.37. The molecule has 5 heteroatoms. The zero-order valence-corrected chi connectivity index (χ0v) is 11.3. The van der Waals surface area contributed by atoms with E-state index in [9.17, 15) is 4.79 Å². The minimum absolute atomic E-state index is 0.218. The maximum Gasteiger partial charge on any atom is 0.222 e. The van der Waals surface area contributed by atoms with Gasteiger partial charge in [-0.25, -0.2) is 0 Å². The van der Waals surface area contributed by atoms with E-state index in [0.717, 1.165) is 0 Å². The lowest BCUT2D eigenvalue weighted by Gasteiger charge is -2.09. The third-order valence-corrected chi connectivity index (χ3v) is 2.64. The molecule has 0 aliphatic rings. The third-order valence-electron chi connectivity index (χ3n) is 2.64. The Morgan fingerprint density at radius 3 is 2.75 bits per heavy atom. The molecule has 0 spiro atoms. The first-order valence-corrected chi connectivity index (χ1v) is 5.97. The molecule has 0 radical (unpaired) electrons. The van der Waals surface area contributed by atoms with Crippen LogP contribution in [0.15, 0.2) is 53.3 Å². The van der Waals surface area contributed by atoms with Crippen LogP contribution in [0.5, 0.6) is 11.5 Å². The van der Waals surface area contributed by atoms with E-state index in [1.807, 2.05) is 0 Å². The molecule has 2 rings (SSSR count). The third kappa shape index (κ3) is 3.20. The van der Waals surface area contributed by atoms with E-state index < -0.39 is 0 Å². The Hall–Kier alpha value is -2.69. The number of furan rings is 1. The van der Waals surface area contributed by atoms with Gasteiger partial charge in [0.2, 0.25) is 5.78 Å². The van der Waals surface area contributed by atoms with Crippen LogP contribution in [0.2, 0.25) is 0 Å². The molecule has 1 N–H and O–H groups in total. The first-order valence-electron chi connectivity index (χ1n) is 5.97. The summed E-state index contributed by atoms with van der Waals surface area (Å²) in [5.41, 5.74) is 0.704. The van der Waals surface area contributed by atoms with Crippen molar-refractivity contribution in [3.63, 3.8) is 0 Å². The van der Waals surface area contributed by atoms with Gasteiger partial charge in [-0.3, -0.25) is 4.79 Å². The van der Waals surface area contributed by atoms with Crippen molar-refractivity contribution < 1.29 is 18.7 Å². The standard InChI is InChI=1S/C15H15NO4/c1-18-11-5-6-14(19-2)12(10-11)16-8-7-13(17)15-4-3-9-20-15/h3-10,16H,1-2H3/b8-7+. The number of ether oxygens (including phenoxy) is 2. The molecule has 0 fully saturated rings. The second-order valence-electron chi connectivity index (χ2n) is 3.89. The van der Waals surface area contributed by atoms with Gasteiger partial charge < -0.3 is 19.2 Å². The maximum atomic E-state index is 11.7. The number of rotatable bonds is 6. The van der Waals surface area contributed by atoms with E-state index >= 15 is 0 Å². The highest BCUT2D eigenvalue weighted by molar-refractivity contribution is 6.02. The summed E-state index contributed by atoms with van der Waals surface area (Å²) in [6, 6.07) is 8.63. The van der Waals surface area contributed by atoms with E-state index in [1.165, 1.54) is 18.5 Å². The molecule has 5 nitrogen and oxygen atoms in total. The van der Waals surface area contributed by atoms with E-state index in [4.69, 9.17) is 13.9 Å². The Balaban J connectivity index is 2.08. The number of nitrogens with one attached hydrogen (secondary N) is 1. The van der Waals surface area contributed by atoms with Crippen molar-refractivity contribution in [1.29, 1.82) is 0 Å². The van der Waals surface area contributed by atoms with Gasteiger partial charge in [-0.2, -0.15) is 0 Å². The van der Waals surface area contributed by atoms with Crippen molar-refractivity contribution in [2.24, 2.45) is 0 Å². The Labute approximate surface area is 116 Å². The van der Waals surface area contributed by atoms with Crippen LogP contribution in [0, 0.1) is 0 Å². The molecule has 0 aliphatic carbocycles. The van der Waals surface area contributed by atoms with Crippen LogP contribution in [-0.2, 0) is 0 Å². The SMILES string of the molecule is COc1ccc(OC)c(N/C=C/C(=O)c2ccco2)c1. The first kappa shape index (κ1) is 13.7. The molecule has 2 aromatic rings. The number of benzene rings is 1. The normalized spacial score (nSPS) is 10.5. The molecule has 104 valence electrons. The summed E-state index contributed by atoms with van der Waals surface area (Å²) in [6.45, 7) is 0. The van der Waals surface area contributed by atoms with Crippen molar-refractivity contribution in [1.82, 2.24) is 0 Å². The number of allylic oxidation sites excluding steroid dienone is 1. The van der Waals surface area contributed by atoms with Gasteiger partial charge in [-0.15, -0.1) is 0 Å². The lowest BCUT2D eigenvalue weighted by Crippen LogP contribution is -1.97. The molecule has 0 amide bonds. The number of anilines is 1. The molecule has 20 heavy (non-hydrogen) atoms. The second-order valence-corrected chi connectivity index (χ2v) is 3.89. The van der Waals surface area contributed by atoms with E-state index in [1.54, 1.807) is 44.6 Å². The first-order chi connectivity index (χ1) is 9.74. The van der Waals surface area contributed by atoms with Gasteiger partial charge in [0.1, 0.15) is 11.5 Å². The highest BCUT2D eigenvalue weighted by Gasteiger charge is 2.05. The fraction of sp³-hybridized carbons (Fsp3) is 0.133. The van der Waals surface area contributed by atoms with Crippen molar-refractivity contribution >= 4 is 11.5 Å². The number of hydrogen-bond acceptors (Lipinski definition) is 5. The van der Waals surface area contributed by atoms with Gasteiger partial charge in [0.05, 0.1) is 26.2 Å². The highest BCUT2D eigenvalue weighted by atomic mass is 16.5. The summed E-state index contributed by atoms with van der Waals surface area (Å²) in [5, 5.41) is 2.98. The Morgan fingerprint density at radius 1 is 1.25 bits per heavy atom. The largest absolute Gasteiger partial charge is 0.497 e. The maximum absolute atomic E-state index is 11.7. The van der Waals surface area contributed by atoms with Crippen molar-refractivity contribution in [2.45, 2.75) is 0 Å². The fourth-order valence-electron chi connectivity index (χ4n) is 1.63. The molecule has 0 saturated carbocycles. The average molecular weight is 273 g/mol. The molecule has 0 saturated heterocycles. The average Bonchev–Trinajstić information content (AvgIpc) is 3.01. The Morgan fingerprint density at radius 2 is 2.10 bits per heavy atom. The lowest BCUT2D eigenvalue weighted by molar-refractivity contribution is 0.102. The molecule has 0 atom stereocenters. The van der Waals surface area contributed by atoms with Crippen LogP contribution in [0.4, 0.5) is 5.69 Å². The summed E-state index contributed by atoms with van der Waals surface area (Å²) in [7, 11) is 3.16. The molecule has 1 heterocycles. The monoisotopic (exact) mass is 273 g/mol.